The Morgan fingerprint density at radius 2 is 0.872 bits per heavy atom. The van der Waals surface area contributed by atoms with Gasteiger partial charge in [-0.2, -0.15) is 0 Å². The molecule has 0 amide bonds. The van der Waals surface area contributed by atoms with Gasteiger partial charge in [0.1, 0.15) is 0 Å². The van der Waals surface area contributed by atoms with Crippen molar-refractivity contribution in [1.82, 2.24) is 24.9 Å². The number of rotatable bonds is 6. The fourth-order valence-electron chi connectivity index (χ4n) is 5.90. The number of hydrogen-bond acceptors (Lipinski definition) is 5. The Labute approximate surface area is 273 Å². The SMILES string of the molecule is Cc1cc(-c2ccccc2)nc(-c2cc(-c3nc(-c4ccccc4)nc(-c4ccccc4)n3)cc(-c3nccc4ccccc34)c2)c1. The summed E-state index contributed by atoms with van der Waals surface area (Å²) in [5.41, 5.74) is 9.50. The van der Waals surface area contributed by atoms with Crippen LogP contribution >= 0.6 is 0 Å². The zero-order valence-corrected chi connectivity index (χ0v) is 25.7. The molecule has 0 saturated heterocycles. The lowest BCUT2D eigenvalue weighted by Gasteiger charge is -2.14. The van der Waals surface area contributed by atoms with Crippen molar-refractivity contribution < 1.29 is 0 Å². The average molecular weight is 604 g/mol. The third-order valence-electron chi connectivity index (χ3n) is 8.17. The van der Waals surface area contributed by atoms with E-state index in [9.17, 15) is 0 Å². The number of aromatic nitrogens is 5. The maximum absolute atomic E-state index is 5.16. The summed E-state index contributed by atoms with van der Waals surface area (Å²) in [5.74, 6) is 1.81. The molecule has 0 aliphatic carbocycles. The highest BCUT2D eigenvalue weighted by Gasteiger charge is 2.17. The molecule has 8 aromatic rings. The molecule has 0 radical (unpaired) electrons. The van der Waals surface area contributed by atoms with Crippen LogP contribution in [0.5, 0.6) is 0 Å². The molecular weight excluding hydrogens is 574 g/mol. The largest absolute Gasteiger partial charge is 0.256 e. The van der Waals surface area contributed by atoms with E-state index in [4.69, 9.17) is 24.9 Å². The molecule has 0 unspecified atom stereocenters. The second-order valence-electron chi connectivity index (χ2n) is 11.5. The molecule has 222 valence electrons. The van der Waals surface area contributed by atoms with Crippen LogP contribution in [-0.4, -0.2) is 24.9 Å². The molecule has 3 heterocycles. The third kappa shape index (κ3) is 5.78. The molecular formula is C42H29N5. The lowest BCUT2D eigenvalue weighted by molar-refractivity contribution is 1.07. The van der Waals surface area contributed by atoms with Crippen molar-refractivity contribution in [2.45, 2.75) is 6.92 Å². The third-order valence-corrected chi connectivity index (χ3v) is 8.17. The van der Waals surface area contributed by atoms with Crippen LogP contribution in [0.3, 0.4) is 0 Å². The lowest BCUT2D eigenvalue weighted by Crippen LogP contribution is -2.01. The standard InChI is InChI=1S/C42H29N5/c1-28-23-37(30-14-5-2-6-15-30)44-38(24-28)33-25-34(39-36-20-12-11-13-29(36)21-22-43-39)27-35(26-33)42-46-40(31-16-7-3-8-17-31)45-41(47-42)32-18-9-4-10-19-32/h2-27H,1H3. The normalized spacial score (nSPS) is 11.1. The van der Waals surface area contributed by atoms with Crippen molar-refractivity contribution >= 4 is 10.8 Å². The smallest absolute Gasteiger partial charge is 0.164 e. The highest BCUT2D eigenvalue weighted by atomic mass is 15.0. The molecule has 3 aromatic heterocycles. The fourth-order valence-corrected chi connectivity index (χ4v) is 5.90. The summed E-state index contributed by atoms with van der Waals surface area (Å²) in [5, 5.41) is 2.20. The molecule has 8 rings (SSSR count). The van der Waals surface area contributed by atoms with Gasteiger partial charge in [-0.15, -0.1) is 0 Å². The minimum absolute atomic E-state index is 0.581. The molecule has 0 spiro atoms. The summed E-state index contributed by atoms with van der Waals surface area (Å²) in [6.45, 7) is 2.11. The Hall–Kier alpha value is -6.33. The van der Waals surface area contributed by atoms with Gasteiger partial charge < -0.3 is 0 Å². The first-order valence-corrected chi connectivity index (χ1v) is 15.6. The average Bonchev–Trinajstić information content (AvgIpc) is 3.15. The van der Waals surface area contributed by atoms with Gasteiger partial charge in [0.2, 0.25) is 0 Å². The van der Waals surface area contributed by atoms with Crippen LogP contribution in [0.4, 0.5) is 0 Å². The summed E-state index contributed by atoms with van der Waals surface area (Å²) < 4.78 is 0. The van der Waals surface area contributed by atoms with Crippen molar-refractivity contribution in [3.8, 4) is 67.9 Å². The van der Waals surface area contributed by atoms with E-state index in [2.05, 4.69) is 73.7 Å². The summed E-state index contributed by atoms with van der Waals surface area (Å²) in [4.78, 5) is 25.1. The van der Waals surface area contributed by atoms with Gasteiger partial charge in [0.15, 0.2) is 17.5 Å². The van der Waals surface area contributed by atoms with Crippen LogP contribution in [-0.2, 0) is 0 Å². The van der Waals surface area contributed by atoms with E-state index in [1.54, 1.807) is 0 Å². The molecule has 5 heteroatoms. The van der Waals surface area contributed by atoms with Crippen LogP contribution in [0.1, 0.15) is 5.56 Å². The summed E-state index contributed by atoms with van der Waals surface area (Å²) in [6, 6.07) is 51.4. The van der Waals surface area contributed by atoms with Crippen LogP contribution < -0.4 is 0 Å². The lowest BCUT2D eigenvalue weighted by atomic mass is 9.97. The van der Waals surface area contributed by atoms with E-state index in [0.717, 1.165) is 66.8 Å². The Morgan fingerprint density at radius 1 is 0.383 bits per heavy atom. The predicted molar refractivity (Wildman–Crippen MR) is 190 cm³/mol. The van der Waals surface area contributed by atoms with Gasteiger partial charge >= 0.3 is 0 Å². The second-order valence-corrected chi connectivity index (χ2v) is 11.5. The van der Waals surface area contributed by atoms with Gasteiger partial charge in [-0.25, -0.2) is 19.9 Å². The zero-order chi connectivity index (χ0) is 31.6. The van der Waals surface area contributed by atoms with E-state index in [-0.39, 0.29) is 0 Å². The molecule has 5 nitrogen and oxygen atoms in total. The van der Waals surface area contributed by atoms with Crippen molar-refractivity contribution in [1.29, 1.82) is 0 Å². The van der Waals surface area contributed by atoms with Crippen molar-refractivity contribution in [3.63, 3.8) is 0 Å². The number of benzene rings is 5. The topological polar surface area (TPSA) is 64.5 Å². The molecule has 0 aliphatic rings. The second kappa shape index (κ2) is 12.2. The van der Waals surface area contributed by atoms with E-state index in [0.29, 0.717) is 17.5 Å². The Kier molecular flexibility index (Phi) is 7.32. The van der Waals surface area contributed by atoms with Crippen LogP contribution in [0, 0.1) is 6.92 Å². The fraction of sp³-hybridized carbons (Fsp3) is 0.0238. The van der Waals surface area contributed by atoms with E-state index in [1.807, 2.05) is 91.1 Å². The predicted octanol–water partition coefficient (Wildman–Crippen LogP) is 10.1. The zero-order valence-electron chi connectivity index (χ0n) is 25.7. The molecule has 0 atom stereocenters. The summed E-state index contributed by atoms with van der Waals surface area (Å²) in [7, 11) is 0. The number of aryl methyl sites for hydroxylation is 1. The Bertz CT molecular complexity index is 2290. The van der Waals surface area contributed by atoms with E-state index < -0.39 is 0 Å². The van der Waals surface area contributed by atoms with Crippen LogP contribution in [0.15, 0.2) is 158 Å². The van der Waals surface area contributed by atoms with E-state index in [1.165, 1.54) is 0 Å². The first-order chi connectivity index (χ1) is 23.2. The molecule has 0 N–H and O–H groups in total. The Balaban J connectivity index is 1.38. The van der Waals surface area contributed by atoms with Crippen LogP contribution in [0.2, 0.25) is 0 Å². The van der Waals surface area contributed by atoms with Crippen molar-refractivity contribution in [2.24, 2.45) is 0 Å². The minimum atomic E-state index is 0.581. The number of pyridine rings is 2. The maximum atomic E-state index is 5.16. The van der Waals surface area contributed by atoms with Gasteiger partial charge in [0.25, 0.3) is 0 Å². The first kappa shape index (κ1) is 28.2. The van der Waals surface area contributed by atoms with Crippen LogP contribution in [0.25, 0.3) is 78.7 Å². The van der Waals surface area contributed by atoms with Crippen molar-refractivity contribution in [2.75, 3.05) is 0 Å². The number of hydrogen-bond donors (Lipinski definition) is 0. The summed E-state index contributed by atoms with van der Waals surface area (Å²) in [6.07, 6.45) is 1.87. The van der Waals surface area contributed by atoms with Crippen molar-refractivity contribution in [3.05, 3.63) is 163 Å². The molecule has 0 aliphatic heterocycles. The number of fused-ring (bicyclic) bond motifs is 1. The van der Waals surface area contributed by atoms with E-state index >= 15 is 0 Å². The minimum Gasteiger partial charge on any atom is -0.256 e. The number of nitrogens with zero attached hydrogens (tertiary/aromatic N) is 5. The maximum Gasteiger partial charge on any atom is 0.164 e. The van der Waals surface area contributed by atoms with Gasteiger partial charge in [-0.05, 0) is 54.3 Å². The van der Waals surface area contributed by atoms with Gasteiger partial charge in [-0.3, -0.25) is 4.98 Å². The highest BCUT2D eigenvalue weighted by molar-refractivity contribution is 5.96. The van der Waals surface area contributed by atoms with Gasteiger partial charge in [-0.1, -0.05) is 115 Å². The molecule has 47 heavy (non-hydrogen) atoms. The van der Waals surface area contributed by atoms with Gasteiger partial charge in [0.05, 0.1) is 17.1 Å². The first-order valence-electron chi connectivity index (χ1n) is 15.6. The monoisotopic (exact) mass is 603 g/mol. The van der Waals surface area contributed by atoms with Gasteiger partial charge in [0, 0.05) is 45.0 Å². The molecule has 0 fully saturated rings. The molecule has 0 bridgehead atoms. The highest BCUT2D eigenvalue weighted by Crippen LogP contribution is 2.35. The summed E-state index contributed by atoms with van der Waals surface area (Å²) >= 11 is 0. The quantitative estimate of drug-likeness (QED) is 0.189. The molecule has 5 aromatic carbocycles. The molecule has 0 saturated carbocycles. The Morgan fingerprint density at radius 3 is 1.51 bits per heavy atom.